The predicted molar refractivity (Wildman–Crippen MR) is 77.5 cm³/mol. The molecule has 0 bridgehead atoms. The SMILES string of the molecule is Cc1ccc(C)c(NS(=O)(=O)c2cc(F)ccc2N)c1. The zero-order valence-corrected chi connectivity index (χ0v) is 12.0. The van der Waals surface area contributed by atoms with E-state index < -0.39 is 15.8 Å². The number of benzene rings is 2. The molecule has 2 rings (SSSR count). The third kappa shape index (κ3) is 2.91. The zero-order chi connectivity index (χ0) is 14.9. The molecule has 0 aliphatic heterocycles. The molecule has 0 amide bonds. The molecule has 0 aliphatic rings. The molecule has 20 heavy (non-hydrogen) atoms. The second kappa shape index (κ2) is 5.13. The summed E-state index contributed by atoms with van der Waals surface area (Å²) < 4.78 is 40.2. The van der Waals surface area contributed by atoms with Crippen LogP contribution in [0.3, 0.4) is 0 Å². The summed E-state index contributed by atoms with van der Waals surface area (Å²) in [6, 6.07) is 8.65. The first kappa shape index (κ1) is 14.3. The maximum atomic E-state index is 13.2. The summed E-state index contributed by atoms with van der Waals surface area (Å²) in [5, 5.41) is 0. The van der Waals surface area contributed by atoms with E-state index in [0.29, 0.717) is 5.69 Å². The second-order valence-electron chi connectivity index (χ2n) is 4.61. The monoisotopic (exact) mass is 294 g/mol. The summed E-state index contributed by atoms with van der Waals surface area (Å²) in [5.74, 6) is -0.652. The molecule has 4 nitrogen and oxygen atoms in total. The summed E-state index contributed by atoms with van der Waals surface area (Å²) in [5.41, 5.74) is 7.76. The largest absolute Gasteiger partial charge is 0.398 e. The van der Waals surface area contributed by atoms with Crippen LogP contribution in [0.1, 0.15) is 11.1 Å². The molecule has 0 aromatic heterocycles. The maximum Gasteiger partial charge on any atom is 0.264 e. The van der Waals surface area contributed by atoms with Crippen molar-refractivity contribution in [3.63, 3.8) is 0 Å². The van der Waals surface area contributed by atoms with Crippen LogP contribution in [-0.4, -0.2) is 8.42 Å². The molecule has 2 aromatic carbocycles. The molecule has 0 spiro atoms. The van der Waals surface area contributed by atoms with Gasteiger partial charge in [-0.2, -0.15) is 0 Å². The lowest BCUT2D eigenvalue weighted by molar-refractivity contribution is 0.596. The van der Waals surface area contributed by atoms with Crippen molar-refractivity contribution in [2.24, 2.45) is 0 Å². The molecule has 0 aliphatic carbocycles. The van der Waals surface area contributed by atoms with Crippen molar-refractivity contribution in [2.75, 3.05) is 10.5 Å². The summed E-state index contributed by atoms with van der Waals surface area (Å²) in [6.07, 6.45) is 0. The molecule has 0 unspecified atom stereocenters. The molecule has 0 atom stereocenters. The third-order valence-corrected chi connectivity index (χ3v) is 4.32. The van der Waals surface area contributed by atoms with E-state index in [1.165, 1.54) is 6.07 Å². The Morgan fingerprint density at radius 3 is 2.50 bits per heavy atom. The van der Waals surface area contributed by atoms with Gasteiger partial charge in [0.2, 0.25) is 0 Å². The van der Waals surface area contributed by atoms with Gasteiger partial charge in [0.1, 0.15) is 10.7 Å². The van der Waals surface area contributed by atoms with Crippen LogP contribution < -0.4 is 10.5 Å². The van der Waals surface area contributed by atoms with Gasteiger partial charge in [-0.3, -0.25) is 4.72 Å². The molecule has 3 N–H and O–H groups in total. The van der Waals surface area contributed by atoms with E-state index in [-0.39, 0.29) is 10.6 Å². The normalized spacial score (nSPS) is 11.3. The van der Waals surface area contributed by atoms with Crippen LogP contribution in [0.2, 0.25) is 0 Å². The number of hydrogen-bond acceptors (Lipinski definition) is 3. The van der Waals surface area contributed by atoms with Crippen LogP contribution in [0.25, 0.3) is 0 Å². The van der Waals surface area contributed by atoms with Crippen LogP contribution in [0.5, 0.6) is 0 Å². The number of nitrogen functional groups attached to an aromatic ring is 1. The Bertz CT molecular complexity index is 758. The van der Waals surface area contributed by atoms with Gasteiger partial charge in [-0.25, -0.2) is 12.8 Å². The molecule has 6 heteroatoms. The highest BCUT2D eigenvalue weighted by Gasteiger charge is 2.19. The van der Waals surface area contributed by atoms with Gasteiger partial charge in [0, 0.05) is 0 Å². The standard InChI is InChI=1S/C14H15FN2O2S/c1-9-3-4-10(2)13(7-9)17-20(18,19)14-8-11(15)5-6-12(14)16/h3-8,17H,16H2,1-2H3. The minimum atomic E-state index is -3.92. The van der Waals surface area contributed by atoms with Crippen molar-refractivity contribution in [1.82, 2.24) is 0 Å². The fraction of sp³-hybridized carbons (Fsp3) is 0.143. The summed E-state index contributed by atoms with van der Waals surface area (Å²) in [6.45, 7) is 3.64. The van der Waals surface area contributed by atoms with Crippen LogP contribution in [0.15, 0.2) is 41.3 Å². The number of aryl methyl sites for hydroxylation is 2. The van der Waals surface area contributed by atoms with Crippen molar-refractivity contribution in [1.29, 1.82) is 0 Å². The molecule has 0 saturated heterocycles. The molecule has 0 radical (unpaired) electrons. The second-order valence-corrected chi connectivity index (χ2v) is 6.26. The molecular formula is C14H15FN2O2S. The molecule has 0 fully saturated rings. The highest BCUT2D eigenvalue weighted by Crippen LogP contribution is 2.24. The van der Waals surface area contributed by atoms with E-state index in [1.807, 2.05) is 19.1 Å². The quantitative estimate of drug-likeness (QED) is 0.855. The van der Waals surface area contributed by atoms with E-state index >= 15 is 0 Å². The van der Waals surface area contributed by atoms with Crippen molar-refractivity contribution in [3.05, 3.63) is 53.3 Å². The van der Waals surface area contributed by atoms with Gasteiger partial charge in [0.25, 0.3) is 10.0 Å². The fourth-order valence-corrected chi connectivity index (χ4v) is 3.05. The van der Waals surface area contributed by atoms with Gasteiger partial charge in [-0.15, -0.1) is 0 Å². The molecule has 0 heterocycles. The van der Waals surface area contributed by atoms with Gasteiger partial charge in [-0.1, -0.05) is 12.1 Å². The number of nitrogens with one attached hydrogen (secondary N) is 1. The van der Waals surface area contributed by atoms with E-state index in [9.17, 15) is 12.8 Å². The maximum absolute atomic E-state index is 13.2. The Morgan fingerprint density at radius 1 is 1.10 bits per heavy atom. The number of rotatable bonds is 3. The van der Waals surface area contributed by atoms with Crippen LogP contribution in [0, 0.1) is 19.7 Å². The first-order chi connectivity index (χ1) is 9.29. The fourth-order valence-electron chi connectivity index (χ4n) is 1.79. The first-order valence-electron chi connectivity index (χ1n) is 5.95. The third-order valence-electron chi connectivity index (χ3n) is 2.90. The Kier molecular flexibility index (Phi) is 3.67. The molecule has 0 saturated carbocycles. The van der Waals surface area contributed by atoms with Crippen LogP contribution >= 0.6 is 0 Å². The Morgan fingerprint density at radius 2 is 1.80 bits per heavy atom. The molecule has 2 aromatic rings. The van der Waals surface area contributed by atoms with Crippen molar-refractivity contribution >= 4 is 21.4 Å². The van der Waals surface area contributed by atoms with E-state index in [1.54, 1.807) is 13.0 Å². The van der Waals surface area contributed by atoms with Gasteiger partial charge in [0.15, 0.2) is 0 Å². The topological polar surface area (TPSA) is 72.2 Å². The number of nitrogens with two attached hydrogens (primary N) is 1. The van der Waals surface area contributed by atoms with Gasteiger partial charge in [-0.05, 0) is 49.2 Å². The number of sulfonamides is 1. The Balaban J connectivity index is 2.46. The van der Waals surface area contributed by atoms with Crippen LogP contribution in [0.4, 0.5) is 15.8 Å². The summed E-state index contributed by atoms with van der Waals surface area (Å²) in [4.78, 5) is -0.265. The highest BCUT2D eigenvalue weighted by molar-refractivity contribution is 7.92. The minimum Gasteiger partial charge on any atom is -0.398 e. The number of hydrogen-bond donors (Lipinski definition) is 2. The molecule has 106 valence electrons. The average Bonchev–Trinajstić information content (AvgIpc) is 2.36. The van der Waals surface area contributed by atoms with Crippen molar-refractivity contribution in [2.45, 2.75) is 18.7 Å². The smallest absolute Gasteiger partial charge is 0.264 e. The lowest BCUT2D eigenvalue weighted by atomic mass is 10.1. The summed E-state index contributed by atoms with van der Waals surface area (Å²) >= 11 is 0. The summed E-state index contributed by atoms with van der Waals surface area (Å²) in [7, 11) is -3.92. The minimum absolute atomic E-state index is 0.00389. The number of anilines is 2. The van der Waals surface area contributed by atoms with E-state index in [0.717, 1.165) is 23.3 Å². The lowest BCUT2D eigenvalue weighted by Crippen LogP contribution is -2.16. The lowest BCUT2D eigenvalue weighted by Gasteiger charge is -2.12. The predicted octanol–water partition coefficient (Wildman–Crippen LogP) is 2.83. The first-order valence-corrected chi connectivity index (χ1v) is 7.43. The Hall–Kier alpha value is -2.08. The average molecular weight is 294 g/mol. The molecular weight excluding hydrogens is 279 g/mol. The van der Waals surface area contributed by atoms with Gasteiger partial charge in [0.05, 0.1) is 11.4 Å². The zero-order valence-electron chi connectivity index (χ0n) is 11.1. The van der Waals surface area contributed by atoms with E-state index in [4.69, 9.17) is 5.73 Å². The Labute approximate surface area is 117 Å². The van der Waals surface area contributed by atoms with Gasteiger partial charge < -0.3 is 5.73 Å². The number of halogens is 1. The van der Waals surface area contributed by atoms with Crippen LogP contribution in [-0.2, 0) is 10.0 Å². The van der Waals surface area contributed by atoms with E-state index in [2.05, 4.69) is 4.72 Å². The van der Waals surface area contributed by atoms with Gasteiger partial charge >= 0.3 is 0 Å². The van der Waals surface area contributed by atoms with Crippen molar-refractivity contribution in [3.8, 4) is 0 Å². The highest BCUT2D eigenvalue weighted by atomic mass is 32.2. The van der Waals surface area contributed by atoms with Crippen molar-refractivity contribution < 1.29 is 12.8 Å².